The quantitative estimate of drug-likeness (QED) is 0.777. The molecular formula is C18H34N2O3. The molecule has 1 saturated carbocycles. The molecule has 0 aromatic heterocycles. The standard InChI is InChI=1S/C18H34N2O3/c1-13-9-14(2)11-17(19,10-13)18(22)7-6-8-20(12-18)15(21)23-16(3,4)5/h13-14,22H,6-12,19H2,1-5H3. The first-order chi connectivity index (χ1) is 10.4. The second kappa shape index (κ2) is 6.25. The van der Waals surface area contributed by atoms with E-state index in [0.717, 1.165) is 25.7 Å². The summed E-state index contributed by atoms with van der Waals surface area (Å²) in [6, 6.07) is 0. The first kappa shape index (κ1) is 18.5. The molecule has 0 bridgehead atoms. The van der Waals surface area contributed by atoms with Crippen LogP contribution in [0.25, 0.3) is 0 Å². The van der Waals surface area contributed by atoms with Crippen LogP contribution >= 0.6 is 0 Å². The zero-order valence-electron chi connectivity index (χ0n) is 15.4. The van der Waals surface area contributed by atoms with Crippen LogP contribution in [0.5, 0.6) is 0 Å². The molecular weight excluding hydrogens is 292 g/mol. The monoisotopic (exact) mass is 326 g/mol. The van der Waals surface area contributed by atoms with Crippen molar-refractivity contribution in [1.29, 1.82) is 0 Å². The van der Waals surface area contributed by atoms with Gasteiger partial charge in [0.05, 0.1) is 6.54 Å². The van der Waals surface area contributed by atoms with Gasteiger partial charge in [-0.2, -0.15) is 0 Å². The van der Waals surface area contributed by atoms with Gasteiger partial charge < -0.3 is 20.5 Å². The summed E-state index contributed by atoms with van der Waals surface area (Å²) < 4.78 is 5.47. The number of aliphatic hydroxyl groups is 1. The molecule has 0 aromatic carbocycles. The van der Waals surface area contributed by atoms with Gasteiger partial charge in [0.2, 0.25) is 0 Å². The molecule has 1 aliphatic carbocycles. The maximum Gasteiger partial charge on any atom is 0.410 e. The normalized spacial score (nSPS) is 39.2. The number of amides is 1. The molecule has 1 saturated heterocycles. The van der Waals surface area contributed by atoms with Crippen LogP contribution in [0.3, 0.4) is 0 Å². The predicted octanol–water partition coefficient (Wildman–Crippen LogP) is 2.90. The number of nitrogens with two attached hydrogens (primary N) is 1. The number of piperidine rings is 1. The predicted molar refractivity (Wildman–Crippen MR) is 91.1 cm³/mol. The van der Waals surface area contributed by atoms with Gasteiger partial charge in [0, 0.05) is 12.1 Å². The smallest absolute Gasteiger partial charge is 0.410 e. The van der Waals surface area contributed by atoms with E-state index in [1.165, 1.54) is 0 Å². The van der Waals surface area contributed by atoms with E-state index in [9.17, 15) is 9.90 Å². The Balaban J connectivity index is 2.13. The van der Waals surface area contributed by atoms with Crippen molar-refractivity contribution in [2.24, 2.45) is 17.6 Å². The van der Waals surface area contributed by atoms with Crippen molar-refractivity contribution < 1.29 is 14.6 Å². The van der Waals surface area contributed by atoms with Gasteiger partial charge in [0.15, 0.2) is 0 Å². The Hall–Kier alpha value is -0.810. The van der Waals surface area contributed by atoms with Crippen molar-refractivity contribution in [2.45, 2.75) is 83.5 Å². The molecule has 5 nitrogen and oxygen atoms in total. The van der Waals surface area contributed by atoms with E-state index in [1.54, 1.807) is 4.90 Å². The number of rotatable bonds is 1. The Morgan fingerprint density at radius 1 is 1.26 bits per heavy atom. The van der Waals surface area contributed by atoms with E-state index >= 15 is 0 Å². The molecule has 0 aromatic rings. The first-order valence-corrected chi connectivity index (χ1v) is 8.93. The molecule has 0 radical (unpaired) electrons. The third-order valence-electron chi connectivity index (χ3n) is 5.28. The molecule has 2 rings (SSSR count). The number of β-amino-alcohol motifs (C(OH)–C–C–N with tert-alkyl or cyclic N) is 1. The maximum absolute atomic E-state index is 12.4. The van der Waals surface area contributed by atoms with E-state index in [4.69, 9.17) is 10.5 Å². The van der Waals surface area contributed by atoms with E-state index in [2.05, 4.69) is 13.8 Å². The van der Waals surface area contributed by atoms with Crippen LogP contribution in [0, 0.1) is 11.8 Å². The highest BCUT2D eigenvalue weighted by atomic mass is 16.6. The summed E-state index contributed by atoms with van der Waals surface area (Å²) in [4.78, 5) is 14.0. The van der Waals surface area contributed by atoms with Crippen LogP contribution in [0.1, 0.15) is 66.7 Å². The minimum absolute atomic E-state index is 0.276. The fraction of sp³-hybridized carbons (Fsp3) is 0.944. The number of carbonyl (C=O) groups excluding carboxylic acids is 1. The molecule has 0 spiro atoms. The van der Waals surface area contributed by atoms with Crippen molar-refractivity contribution in [2.75, 3.05) is 13.1 Å². The summed E-state index contributed by atoms with van der Waals surface area (Å²) in [6.07, 6.45) is 3.85. The lowest BCUT2D eigenvalue weighted by Crippen LogP contribution is -2.69. The Morgan fingerprint density at radius 2 is 1.83 bits per heavy atom. The average Bonchev–Trinajstić information content (AvgIpc) is 2.34. The molecule has 1 aliphatic heterocycles. The lowest BCUT2D eigenvalue weighted by atomic mass is 9.62. The van der Waals surface area contributed by atoms with Gasteiger partial charge in [-0.1, -0.05) is 13.8 Å². The van der Waals surface area contributed by atoms with Gasteiger partial charge in [0.25, 0.3) is 0 Å². The Labute approximate surface area is 140 Å². The fourth-order valence-corrected chi connectivity index (χ4v) is 4.49. The maximum atomic E-state index is 12.4. The highest BCUT2D eigenvalue weighted by molar-refractivity contribution is 5.68. The van der Waals surface area contributed by atoms with Gasteiger partial charge >= 0.3 is 6.09 Å². The zero-order valence-corrected chi connectivity index (χ0v) is 15.4. The van der Waals surface area contributed by atoms with Crippen LogP contribution in [-0.2, 0) is 4.74 Å². The minimum atomic E-state index is -1.02. The van der Waals surface area contributed by atoms with Crippen molar-refractivity contribution in [3.63, 3.8) is 0 Å². The molecule has 2 fully saturated rings. The zero-order chi connectivity index (χ0) is 17.5. The Morgan fingerprint density at radius 3 is 2.35 bits per heavy atom. The van der Waals surface area contributed by atoms with Crippen LogP contribution in [0.2, 0.25) is 0 Å². The van der Waals surface area contributed by atoms with Gasteiger partial charge in [-0.3, -0.25) is 0 Å². The van der Waals surface area contributed by atoms with Crippen LogP contribution < -0.4 is 5.73 Å². The number of carbonyl (C=O) groups is 1. The lowest BCUT2D eigenvalue weighted by Gasteiger charge is -2.53. The average molecular weight is 326 g/mol. The SMILES string of the molecule is CC1CC(C)CC(N)(C2(O)CCCN(C(=O)OC(C)(C)C)C2)C1. The Bertz CT molecular complexity index is 436. The third-order valence-corrected chi connectivity index (χ3v) is 5.28. The van der Waals surface area contributed by atoms with Crippen molar-refractivity contribution in [3.05, 3.63) is 0 Å². The molecule has 3 unspecified atom stereocenters. The van der Waals surface area contributed by atoms with Crippen LogP contribution in [0.15, 0.2) is 0 Å². The lowest BCUT2D eigenvalue weighted by molar-refractivity contribution is -0.109. The minimum Gasteiger partial charge on any atom is -0.444 e. The Kier molecular flexibility index (Phi) is 5.03. The van der Waals surface area contributed by atoms with E-state index in [-0.39, 0.29) is 12.6 Å². The molecule has 2 aliphatic rings. The number of ether oxygens (including phenoxy) is 1. The molecule has 1 heterocycles. The largest absolute Gasteiger partial charge is 0.444 e. The molecule has 5 heteroatoms. The second-order valence-electron chi connectivity index (χ2n) is 9.05. The van der Waals surface area contributed by atoms with E-state index in [1.807, 2.05) is 20.8 Å². The van der Waals surface area contributed by atoms with Crippen molar-refractivity contribution >= 4 is 6.09 Å². The molecule has 23 heavy (non-hydrogen) atoms. The summed E-state index contributed by atoms with van der Waals surface area (Å²) in [5, 5.41) is 11.3. The first-order valence-electron chi connectivity index (χ1n) is 8.93. The summed E-state index contributed by atoms with van der Waals surface area (Å²) in [5.41, 5.74) is 4.54. The van der Waals surface area contributed by atoms with Crippen molar-refractivity contribution in [3.8, 4) is 0 Å². The summed E-state index contributed by atoms with van der Waals surface area (Å²) in [5.74, 6) is 1.01. The molecule has 1 amide bonds. The topological polar surface area (TPSA) is 75.8 Å². The highest BCUT2D eigenvalue weighted by Gasteiger charge is 2.53. The van der Waals surface area contributed by atoms with Gasteiger partial charge in [-0.25, -0.2) is 4.79 Å². The number of likely N-dealkylation sites (tertiary alicyclic amines) is 1. The number of hydrogen-bond acceptors (Lipinski definition) is 4. The second-order valence-corrected chi connectivity index (χ2v) is 9.05. The van der Waals surface area contributed by atoms with Crippen LogP contribution in [0.4, 0.5) is 4.79 Å². The summed E-state index contributed by atoms with van der Waals surface area (Å²) in [7, 11) is 0. The van der Waals surface area contributed by atoms with Gasteiger partial charge in [-0.15, -0.1) is 0 Å². The molecule has 134 valence electrons. The molecule has 3 N–H and O–H groups in total. The van der Waals surface area contributed by atoms with E-state index in [0.29, 0.717) is 24.8 Å². The van der Waals surface area contributed by atoms with Gasteiger partial charge in [-0.05, 0) is 64.7 Å². The summed E-state index contributed by atoms with van der Waals surface area (Å²) in [6.45, 7) is 10.9. The van der Waals surface area contributed by atoms with Crippen molar-refractivity contribution in [1.82, 2.24) is 4.90 Å². The van der Waals surface area contributed by atoms with Gasteiger partial charge in [0.1, 0.15) is 11.2 Å². The number of nitrogens with zero attached hydrogens (tertiary/aromatic N) is 1. The molecule has 3 atom stereocenters. The van der Waals surface area contributed by atoms with Crippen LogP contribution in [-0.4, -0.2) is 45.9 Å². The fourth-order valence-electron chi connectivity index (χ4n) is 4.49. The van der Waals surface area contributed by atoms with E-state index < -0.39 is 16.7 Å². The number of hydrogen-bond donors (Lipinski definition) is 2. The highest BCUT2D eigenvalue weighted by Crippen LogP contribution is 2.44. The third kappa shape index (κ3) is 4.18. The summed E-state index contributed by atoms with van der Waals surface area (Å²) >= 11 is 0.